The van der Waals surface area contributed by atoms with E-state index in [2.05, 4.69) is 13.8 Å². The topological polar surface area (TPSA) is 71.1 Å². The summed E-state index contributed by atoms with van der Waals surface area (Å²) in [5.74, 6) is 1.05. The molecule has 0 bridgehead atoms. The van der Waals surface area contributed by atoms with Gasteiger partial charge in [-0.3, -0.25) is 9.59 Å². The second-order valence-corrected chi connectivity index (χ2v) is 9.07. The Morgan fingerprint density at radius 3 is 2.41 bits per heavy atom. The van der Waals surface area contributed by atoms with Crippen LogP contribution in [-0.2, 0) is 25.5 Å². The third kappa shape index (κ3) is 7.54. The average Bonchev–Trinajstić information content (AvgIpc) is 2.86. The van der Waals surface area contributed by atoms with Crippen LogP contribution in [0.15, 0.2) is 51.8 Å². The Balaban J connectivity index is 2.50. The van der Waals surface area contributed by atoms with Crippen LogP contribution in [0.1, 0.15) is 46.6 Å². The Bertz CT molecular complexity index is 1010. The van der Waals surface area contributed by atoms with Crippen LogP contribution in [0.4, 0.5) is 0 Å². The van der Waals surface area contributed by atoms with Gasteiger partial charge in [-0.05, 0) is 60.1 Å². The Hall–Kier alpha value is -2.44. The van der Waals surface area contributed by atoms with Crippen LogP contribution in [0, 0.1) is 5.92 Å². The number of methoxy groups -OCH3 is 1. The number of benzene rings is 1. The van der Waals surface area contributed by atoms with E-state index in [-0.39, 0.29) is 23.3 Å². The summed E-state index contributed by atoms with van der Waals surface area (Å²) in [6.07, 6.45) is 2.74. The largest absolute Gasteiger partial charge is 0.496 e. The van der Waals surface area contributed by atoms with Crippen molar-refractivity contribution in [1.29, 1.82) is 0 Å². The van der Waals surface area contributed by atoms with E-state index < -0.39 is 18.0 Å². The van der Waals surface area contributed by atoms with Gasteiger partial charge in [0.15, 0.2) is 11.9 Å². The molecular weight excluding hydrogens is 479 g/mol. The monoisotopic (exact) mass is 510 g/mol. The highest BCUT2D eigenvalue weighted by molar-refractivity contribution is 6.32. The maximum Gasteiger partial charge on any atom is 0.307 e. The summed E-state index contributed by atoms with van der Waals surface area (Å²) in [5.41, 5.74) is 2.98. The van der Waals surface area contributed by atoms with Gasteiger partial charge in [0.1, 0.15) is 18.1 Å². The summed E-state index contributed by atoms with van der Waals surface area (Å²) in [6, 6.07) is 5.59. The van der Waals surface area contributed by atoms with E-state index in [0.717, 1.165) is 18.4 Å². The lowest BCUT2D eigenvalue weighted by Gasteiger charge is -2.20. The number of alkyl halides is 1. The number of rotatable bonds is 10. The third-order valence-corrected chi connectivity index (χ3v) is 6.06. The Morgan fingerprint density at radius 2 is 1.85 bits per heavy atom. The van der Waals surface area contributed by atoms with E-state index in [9.17, 15) is 9.59 Å². The highest BCUT2D eigenvalue weighted by Crippen LogP contribution is 2.36. The minimum absolute atomic E-state index is 0.0242. The second-order valence-electron chi connectivity index (χ2n) is 8.43. The van der Waals surface area contributed by atoms with E-state index in [1.165, 1.54) is 13.8 Å². The zero-order chi connectivity index (χ0) is 25.4. The molecule has 1 aliphatic carbocycles. The zero-order valence-electron chi connectivity index (χ0n) is 20.5. The molecule has 0 N–H and O–H groups in total. The minimum Gasteiger partial charge on any atom is -0.496 e. The Labute approximate surface area is 211 Å². The van der Waals surface area contributed by atoms with Gasteiger partial charge < -0.3 is 18.9 Å². The lowest BCUT2D eigenvalue weighted by Crippen LogP contribution is -2.22. The normalized spacial score (nSPS) is 16.3. The number of carbonyl (C=O) groups excluding carboxylic acids is 2. The molecular formula is C26H32Cl2O6. The minimum atomic E-state index is -0.871. The Kier molecular flexibility index (Phi) is 10.5. The standard InChI is InChI=1S/C26H32Cl2O6/c1-15(2)7-8-19-9-10-21(12-23(19)31-6)34-24-11-20(14-32-17(4)29)22(13-27)16(3)25(28)26(24)33-18(5)30/h9-12,15,24H,7-8,13-14H2,1-6H3. The fraction of sp³-hybridized carbons (Fsp3) is 0.462. The van der Waals surface area contributed by atoms with Gasteiger partial charge in [-0.1, -0.05) is 31.5 Å². The fourth-order valence-corrected chi connectivity index (χ4v) is 4.12. The average molecular weight is 511 g/mol. The van der Waals surface area contributed by atoms with Gasteiger partial charge in [0.25, 0.3) is 0 Å². The number of ether oxygens (including phenoxy) is 4. The van der Waals surface area contributed by atoms with Crippen LogP contribution in [0.5, 0.6) is 11.5 Å². The molecule has 0 radical (unpaired) electrons. The van der Waals surface area contributed by atoms with Crippen molar-refractivity contribution in [3.8, 4) is 11.5 Å². The number of hydrogen-bond donors (Lipinski definition) is 0. The highest BCUT2D eigenvalue weighted by atomic mass is 35.5. The van der Waals surface area contributed by atoms with Crippen LogP contribution >= 0.6 is 23.2 Å². The smallest absolute Gasteiger partial charge is 0.307 e. The predicted octanol–water partition coefficient (Wildman–Crippen LogP) is 6.10. The maximum atomic E-state index is 11.9. The lowest BCUT2D eigenvalue weighted by atomic mass is 10.0. The van der Waals surface area contributed by atoms with Crippen LogP contribution in [-0.4, -0.2) is 37.6 Å². The number of aryl methyl sites for hydroxylation is 1. The zero-order valence-corrected chi connectivity index (χ0v) is 22.0. The summed E-state index contributed by atoms with van der Waals surface area (Å²) in [4.78, 5) is 23.3. The molecule has 0 aliphatic heterocycles. The van der Waals surface area contributed by atoms with Gasteiger partial charge in [0, 0.05) is 25.8 Å². The molecule has 1 aliphatic rings. The quantitative estimate of drug-likeness (QED) is 0.279. The van der Waals surface area contributed by atoms with Gasteiger partial charge in [-0.25, -0.2) is 0 Å². The molecule has 0 saturated carbocycles. The van der Waals surface area contributed by atoms with Gasteiger partial charge in [0.05, 0.1) is 12.1 Å². The summed E-state index contributed by atoms with van der Waals surface area (Å²) in [6.45, 7) is 8.70. The maximum absolute atomic E-state index is 11.9. The first kappa shape index (κ1) is 27.8. The molecule has 0 spiro atoms. The highest BCUT2D eigenvalue weighted by Gasteiger charge is 2.29. The molecule has 1 atom stereocenters. The molecule has 34 heavy (non-hydrogen) atoms. The molecule has 1 unspecified atom stereocenters. The molecule has 186 valence electrons. The molecule has 1 aromatic rings. The number of esters is 2. The summed E-state index contributed by atoms with van der Waals surface area (Å²) in [5, 5.41) is 0.213. The van der Waals surface area contributed by atoms with Crippen LogP contribution < -0.4 is 9.47 Å². The fourth-order valence-electron chi connectivity index (χ4n) is 3.48. The van der Waals surface area contributed by atoms with Crippen LogP contribution in [0.25, 0.3) is 0 Å². The van der Waals surface area contributed by atoms with Crippen molar-refractivity contribution in [1.82, 2.24) is 0 Å². The van der Waals surface area contributed by atoms with Gasteiger partial charge in [0.2, 0.25) is 0 Å². The first-order chi connectivity index (χ1) is 16.1. The molecule has 0 amide bonds. The number of hydrogen-bond acceptors (Lipinski definition) is 6. The van der Waals surface area contributed by atoms with Gasteiger partial charge in [-0.15, -0.1) is 11.6 Å². The summed E-state index contributed by atoms with van der Waals surface area (Å²) >= 11 is 12.8. The third-order valence-electron chi connectivity index (χ3n) is 5.33. The summed E-state index contributed by atoms with van der Waals surface area (Å²) < 4.78 is 22.5. The van der Waals surface area contributed by atoms with Crippen molar-refractivity contribution in [3.05, 3.63) is 57.3 Å². The van der Waals surface area contributed by atoms with Crippen molar-refractivity contribution in [2.45, 2.75) is 53.6 Å². The first-order valence-electron chi connectivity index (χ1n) is 11.1. The van der Waals surface area contributed by atoms with Crippen molar-refractivity contribution < 1.29 is 28.5 Å². The number of halogens is 2. The number of allylic oxidation sites excluding steroid dienone is 2. The SMILES string of the molecule is COc1cc(OC2C=C(COC(C)=O)C(CCl)=C(C)C(Cl)=C2OC(C)=O)ccc1CCC(C)C. The van der Waals surface area contributed by atoms with E-state index in [4.69, 9.17) is 42.1 Å². The van der Waals surface area contributed by atoms with E-state index in [1.807, 2.05) is 12.1 Å². The molecule has 2 rings (SSSR count). The molecule has 1 aromatic carbocycles. The van der Waals surface area contributed by atoms with E-state index in [0.29, 0.717) is 34.1 Å². The van der Waals surface area contributed by atoms with Crippen LogP contribution in [0.3, 0.4) is 0 Å². The van der Waals surface area contributed by atoms with Crippen molar-refractivity contribution in [2.24, 2.45) is 5.92 Å². The van der Waals surface area contributed by atoms with Gasteiger partial charge >= 0.3 is 11.9 Å². The number of carbonyl (C=O) groups is 2. The molecule has 0 saturated heterocycles. The van der Waals surface area contributed by atoms with E-state index in [1.54, 1.807) is 26.2 Å². The van der Waals surface area contributed by atoms with Crippen molar-refractivity contribution >= 4 is 35.1 Å². The second kappa shape index (κ2) is 12.9. The summed E-state index contributed by atoms with van der Waals surface area (Å²) in [7, 11) is 1.61. The Morgan fingerprint density at radius 1 is 1.15 bits per heavy atom. The van der Waals surface area contributed by atoms with Crippen molar-refractivity contribution in [2.75, 3.05) is 19.6 Å². The molecule has 0 fully saturated rings. The molecule has 0 aromatic heterocycles. The lowest BCUT2D eigenvalue weighted by molar-refractivity contribution is -0.140. The van der Waals surface area contributed by atoms with Gasteiger partial charge in [-0.2, -0.15) is 0 Å². The van der Waals surface area contributed by atoms with Crippen LogP contribution in [0.2, 0.25) is 0 Å². The van der Waals surface area contributed by atoms with Crippen molar-refractivity contribution in [3.63, 3.8) is 0 Å². The van der Waals surface area contributed by atoms with E-state index >= 15 is 0 Å². The first-order valence-corrected chi connectivity index (χ1v) is 12.0. The molecule has 0 heterocycles. The molecule has 8 heteroatoms. The predicted molar refractivity (Wildman–Crippen MR) is 133 cm³/mol. The molecule has 6 nitrogen and oxygen atoms in total.